The number of halogens is 6. The number of rotatable bonds is 3. The molecule has 0 heterocycles. The summed E-state index contributed by atoms with van der Waals surface area (Å²) in [6.07, 6.45) is -4.70. The molecule has 7 heteroatoms. The Morgan fingerprint density at radius 3 is 2.05 bits per heavy atom. The second-order valence-corrected chi connectivity index (χ2v) is 5.17. The maximum atomic E-state index is 14.4. The van der Waals surface area contributed by atoms with Gasteiger partial charge in [0.2, 0.25) is 0 Å². The minimum absolute atomic E-state index is 0.0370. The average Bonchev–Trinajstić information content (AvgIpc) is 2.45. The molecular weight excluding hydrogens is 325 g/mol. The number of benzene rings is 2. The maximum Gasteiger partial charge on any atom is 0.416 e. The van der Waals surface area contributed by atoms with Gasteiger partial charge in [0.1, 0.15) is 0 Å². The van der Waals surface area contributed by atoms with Gasteiger partial charge in [0.05, 0.1) is 11.6 Å². The fourth-order valence-corrected chi connectivity index (χ4v) is 2.19. The Labute approximate surface area is 128 Å². The third-order valence-electron chi connectivity index (χ3n) is 3.17. The van der Waals surface area contributed by atoms with Gasteiger partial charge in [0.25, 0.3) is 5.92 Å². The van der Waals surface area contributed by atoms with E-state index >= 15 is 0 Å². The van der Waals surface area contributed by atoms with Gasteiger partial charge in [-0.25, -0.2) is 0 Å². The van der Waals surface area contributed by atoms with Gasteiger partial charge in [-0.2, -0.15) is 22.0 Å². The van der Waals surface area contributed by atoms with Gasteiger partial charge in [-0.1, -0.05) is 35.9 Å². The van der Waals surface area contributed by atoms with E-state index in [9.17, 15) is 22.0 Å². The van der Waals surface area contributed by atoms with Crippen molar-refractivity contribution in [3.63, 3.8) is 0 Å². The SMILES string of the molecule is NC(c1cccc(Cl)c1)C(F)(F)c1cccc(C(F)(F)F)c1. The number of nitrogens with two attached hydrogens (primary N) is 1. The van der Waals surface area contributed by atoms with Crippen molar-refractivity contribution in [2.24, 2.45) is 5.73 Å². The van der Waals surface area contributed by atoms with Crippen molar-refractivity contribution < 1.29 is 22.0 Å². The molecule has 0 amide bonds. The summed E-state index contributed by atoms with van der Waals surface area (Å²) in [4.78, 5) is 0. The molecule has 0 fully saturated rings. The highest BCUT2D eigenvalue weighted by atomic mass is 35.5. The van der Waals surface area contributed by atoms with E-state index in [-0.39, 0.29) is 10.6 Å². The summed E-state index contributed by atoms with van der Waals surface area (Å²) >= 11 is 5.72. The van der Waals surface area contributed by atoms with Gasteiger partial charge in [-0.3, -0.25) is 0 Å². The molecule has 0 aliphatic carbocycles. The highest BCUT2D eigenvalue weighted by molar-refractivity contribution is 6.30. The van der Waals surface area contributed by atoms with Crippen LogP contribution < -0.4 is 5.73 Å². The molecule has 0 saturated carbocycles. The molecule has 0 radical (unpaired) electrons. The topological polar surface area (TPSA) is 26.0 Å². The van der Waals surface area contributed by atoms with Gasteiger partial charge in [-0.05, 0) is 29.8 Å². The molecule has 0 saturated heterocycles. The first-order chi connectivity index (χ1) is 10.1. The lowest BCUT2D eigenvalue weighted by Gasteiger charge is -2.25. The average molecular weight is 336 g/mol. The van der Waals surface area contributed by atoms with Crippen LogP contribution in [0.15, 0.2) is 48.5 Å². The lowest BCUT2D eigenvalue weighted by atomic mass is 9.94. The van der Waals surface area contributed by atoms with E-state index in [1.807, 2.05) is 0 Å². The Morgan fingerprint density at radius 2 is 1.45 bits per heavy atom. The summed E-state index contributed by atoms with van der Waals surface area (Å²) in [5.41, 5.74) is 3.63. The fourth-order valence-electron chi connectivity index (χ4n) is 1.99. The Morgan fingerprint density at radius 1 is 0.864 bits per heavy atom. The van der Waals surface area contributed by atoms with Crippen molar-refractivity contribution in [3.8, 4) is 0 Å². The number of hydrogen-bond donors (Lipinski definition) is 1. The standard InChI is InChI=1S/C15H11ClF5N/c16-12-6-1-3-9(7-12)13(22)14(17,18)10-4-2-5-11(8-10)15(19,20)21/h1-8,13H,22H2. The van der Waals surface area contributed by atoms with E-state index in [1.165, 1.54) is 24.3 Å². The molecule has 1 nitrogen and oxygen atoms in total. The molecule has 118 valence electrons. The lowest BCUT2D eigenvalue weighted by molar-refractivity contribution is -0.137. The second kappa shape index (κ2) is 5.85. The van der Waals surface area contributed by atoms with Crippen LogP contribution in [0.25, 0.3) is 0 Å². The summed E-state index contributed by atoms with van der Waals surface area (Å²) in [5.74, 6) is -3.67. The Balaban J connectivity index is 2.41. The fraction of sp³-hybridized carbons (Fsp3) is 0.200. The monoisotopic (exact) mass is 335 g/mol. The van der Waals surface area contributed by atoms with Gasteiger partial charge >= 0.3 is 6.18 Å². The van der Waals surface area contributed by atoms with Crippen LogP contribution in [0, 0.1) is 0 Å². The molecule has 0 aromatic heterocycles. The summed E-state index contributed by atoms with van der Waals surface area (Å²) in [5, 5.41) is 0.216. The van der Waals surface area contributed by atoms with Crippen LogP contribution in [0.2, 0.25) is 5.02 Å². The smallest absolute Gasteiger partial charge is 0.319 e. The van der Waals surface area contributed by atoms with E-state index in [4.69, 9.17) is 17.3 Å². The van der Waals surface area contributed by atoms with E-state index in [0.717, 1.165) is 18.2 Å². The van der Waals surface area contributed by atoms with Gasteiger partial charge < -0.3 is 5.73 Å². The van der Waals surface area contributed by atoms with Crippen LogP contribution in [0.5, 0.6) is 0 Å². The van der Waals surface area contributed by atoms with E-state index in [1.54, 1.807) is 0 Å². The van der Waals surface area contributed by atoms with E-state index < -0.39 is 29.3 Å². The summed E-state index contributed by atoms with van der Waals surface area (Å²) in [6, 6.07) is 6.70. The molecular formula is C15H11ClF5N. The molecule has 1 unspecified atom stereocenters. The molecule has 0 spiro atoms. The molecule has 0 aliphatic rings. The van der Waals surface area contributed by atoms with Gasteiger partial charge in [0, 0.05) is 10.6 Å². The highest BCUT2D eigenvalue weighted by Crippen LogP contribution is 2.41. The zero-order valence-electron chi connectivity index (χ0n) is 11.0. The van der Waals surface area contributed by atoms with Crippen LogP contribution in [-0.2, 0) is 12.1 Å². The lowest BCUT2D eigenvalue weighted by Crippen LogP contribution is -2.31. The van der Waals surface area contributed by atoms with Crippen LogP contribution in [0.1, 0.15) is 22.7 Å². The number of hydrogen-bond acceptors (Lipinski definition) is 1. The van der Waals surface area contributed by atoms with Crippen molar-refractivity contribution in [2.75, 3.05) is 0 Å². The summed E-state index contributed by atoms with van der Waals surface area (Å²) in [6.45, 7) is 0. The zero-order valence-corrected chi connectivity index (χ0v) is 11.8. The minimum Gasteiger partial charge on any atom is -0.319 e. The Hall–Kier alpha value is -1.66. The third-order valence-corrected chi connectivity index (χ3v) is 3.41. The summed E-state index contributed by atoms with van der Waals surface area (Å²) in [7, 11) is 0. The molecule has 2 aromatic carbocycles. The van der Waals surface area contributed by atoms with Crippen molar-refractivity contribution in [1.29, 1.82) is 0 Å². The Bertz CT molecular complexity index is 669. The van der Waals surface area contributed by atoms with E-state index in [0.29, 0.717) is 6.07 Å². The molecule has 0 aliphatic heterocycles. The van der Waals surface area contributed by atoms with Crippen LogP contribution >= 0.6 is 11.6 Å². The first-order valence-corrected chi connectivity index (χ1v) is 6.57. The van der Waals surface area contributed by atoms with Gasteiger partial charge in [0.15, 0.2) is 0 Å². The molecule has 2 N–H and O–H groups in total. The van der Waals surface area contributed by atoms with Crippen molar-refractivity contribution >= 4 is 11.6 Å². The molecule has 1 atom stereocenters. The van der Waals surface area contributed by atoms with Crippen LogP contribution in [0.3, 0.4) is 0 Å². The first-order valence-electron chi connectivity index (χ1n) is 6.19. The third kappa shape index (κ3) is 3.39. The predicted molar refractivity (Wildman–Crippen MR) is 73.7 cm³/mol. The highest BCUT2D eigenvalue weighted by Gasteiger charge is 2.41. The number of alkyl halides is 5. The molecule has 2 rings (SSSR count). The zero-order chi connectivity index (χ0) is 16.5. The predicted octanol–water partition coefficient (Wildman–Crippen LogP) is 5.15. The summed E-state index contributed by atoms with van der Waals surface area (Å²) < 4.78 is 66.7. The van der Waals surface area contributed by atoms with Crippen LogP contribution in [-0.4, -0.2) is 0 Å². The van der Waals surface area contributed by atoms with Crippen molar-refractivity contribution in [1.82, 2.24) is 0 Å². The normalized spacial score (nSPS) is 14.0. The van der Waals surface area contributed by atoms with E-state index in [2.05, 4.69) is 0 Å². The molecule has 0 bridgehead atoms. The largest absolute Gasteiger partial charge is 0.416 e. The van der Waals surface area contributed by atoms with Crippen molar-refractivity contribution in [2.45, 2.75) is 18.1 Å². The minimum atomic E-state index is -4.70. The Kier molecular flexibility index (Phi) is 4.44. The second-order valence-electron chi connectivity index (χ2n) is 4.73. The quantitative estimate of drug-likeness (QED) is 0.771. The molecule has 2 aromatic rings. The maximum absolute atomic E-state index is 14.4. The first kappa shape index (κ1) is 16.7. The van der Waals surface area contributed by atoms with Crippen molar-refractivity contribution in [3.05, 3.63) is 70.2 Å². The van der Waals surface area contributed by atoms with Crippen LogP contribution in [0.4, 0.5) is 22.0 Å². The van der Waals surface area contributed by atoms with Gasteiger partial charge in [-0.15, -0.1) is 0 Å². The molecule has 22 heavy (non-hydrogen) atoms.